The summed E-state index contributed by atoms with van der Waals surface area (Å²) in [5, 5.41) is 46.5. The van der Waals surface area contributed by atoms with Gasteiger partial charge in [0.25, 0.3) is 5.91 Å². The zero-order valence-electron chi connectivity index (χ0n) is 33.8. The number of nitrogens with one attached hydrogen (secondary N) is 5. The lowest BCUT2D eigenvalue weighted by molar-refractivity contribution is -0.133. The van der Waals surface area contributed by atoms with Crippen LogP contribution in [0.15, 0.2) is 54.9 Å². The van der Waals surface area contributed by atoms with Gasteiger partial charge in [-0.05, 0) is 108 Å². The average Bonchev–Trinajstić information content (AvgIpc) is 3.84. The van der Waals surface area contributed by atoms with Crippen LogP contribution < -0.4 is 31.5 Å². The van der Waals surface area contributed by atoms with Crippen molar-refractivity contribution in [3.63, 3.8) is 0 Å². The molecule has 1 saturated carbocycles. The smallest absolute Gasteiger partial charge is 0.274 e. The number of aryl methyl sites for hydroxylation is 1. The van der Waals surface area contributed by atoms with Gasteiger partial charge >= 0.3 is 0 Å². The van der Waals surface area contributed by atoms with Gasteiger partial charge in [0.2, 0.25) is 11.8 Å². The van der Waals surface area contributed by atoms with Gasteiger partial charge in [-0.3, -0.25) is 24.4 Å². The highest BCUT2D eigenvalue weighted by Gasteiger charge is 2.29. The lowest BCUT2D eigenvalue weighted by Crippen LogP contribution is -2.47. The average molecular weight is 801 g/mol. The molecule has 1 unspecified atom stereocenters. The van der Waals surface area contributed by atoms with E-state index in [-0.39, 0.29) is 23.8 Å². The largest absolute Gasteiger partial charge is 0.386 e. The minimum atomic E-state index is -1.23. The summed E-state index contributed by atoms with van der Waals surface area (Å²) in [5.74, 6) is -0.255. The Balaban J connectivity index is 0.789. The molecule has 1 atom stereocenters. The van der Waals surface area contributed by atoms with Crippen molar-refractivity contribution in [2.24, 2.45) is 0 Å². The number of nitriles is 1. The van der Waals surface area contributed by atoms with E-state index in [1.807, 2.05) is 31.3 Å². The van der Waals surface area contributed by atoms with E-state index in [1.54, 1.807) is 32.0 Å². The van der Waals surface area contributed by atoms with Crippen LogP contribution in [0.5, 0.6) is 0 Å². The van der Waals surface area contributed by atoms with Gasteiger partial charge in [0.1, 0.15) is 23.6 Å². The van der Waals surface area contributed by atoms with E-state index < -0.39 is 11.6 Å². The first-order valence-electron chi connectivity index (χ1n) is 20.7. The minimum absolute atomic E-state index is 0.228. The number of amides is 3. The number of piperidine rings is 2. The highest BCUT2D eigenvalue weighted by atomic mass is 16.3. The highest BCUT2D eigenvalue weighted by Crippen LogP contribution is 2.35. The quantitative estimate of drug-likeness (QED) is 0.0773. The molecule has 1 aromatic carbocycles. The first-order chi connectivity index (χ1) is 28.4. The van der Waals surface area contributed by atoms with E-state index in [4.69, 9.17) is 10.1 Å². The maximum atomic E-state index is 13.5. The Labute approximate surface area is 342 Å². The van der Waals surface area contributed by atoms with Gasteiger partial charge < -0.3 is 31.3 Å². The maximum Gasteiger partial charge on any atom is 0.274 e. The molecule has 16 heteroatoms. The van der Waals surface area contributed by atoms with Crippen molar-refractivity contribution in [1.29, 1.82) is 5.26 Å². The Kier molecular flexibility index (Phi) is 11.3. The van der Waals surface area contributed by atoms with Gasteiger partial charge in [0, 0.05) is 67.5 Å². The Morgan fingerprint density at radius 3 is 2.42 bits per heavy atom. The molecule has 6 heterocycles. The topological polar surface area (TPSA) is 207 Å². The van der Waals surface area contributed by atoms with Crippen molar-refractivity contribution >= 4 is 51.3 Å². The van der Waals surface area contributed by atoms with Gasteiger partial charge in [-0.1, -0.05) is 0 Å². The Morgan fingerprint density at radius 1 is 0.983 bits per heavy atom. The SMILES string of the molecule is Cc1nc(NC2CCC(=O)NC2=O)ccc1N1CCC(NCCNC2CCC(n3cc4cc(NC(=O)c5ccc6cc(C#N)cnn56)c(C(C)(C)O)cc4n3)CC2)CC1. The Bertz CT molecular complexity index is 2410. The summed E-state index contributed by atoms with van der Waals surface area (Å²) in [6.45, 7) is 9.11. The van der Waals surface area contributed by atoms with Crippen LogP contribution in [0, 0.1) is 18.3 Å². The number of rotatable bonds is 12. The second-order valence-corrected chi connectivity index (χ2v) is 16.6. The first kappa shape index (κ1) is 39.9. The summed E-state index contributed by atoms with van der Waals surface area (Å²) in [5.41, 5.74) is 4.01. The van der Waals surface area contributed by atoms with Crippen LogP contribution in [0.25, 0.3) is 16.4 Å². The van der Waals surface area contributed by atoms with Gasteiger partial charge in [-0.25, -0.2) is 9.50 Å². The number of carbonyl (C=O) groups is 3. The van der Waals surface area contributed by atoms with Crippen molar-refractivity contribution in [3.05, 3.63) is 77.4 Å². The summed E-state index contributed by atoms with van der Waals surface area (Å²) >= 11 is 0. The molecule has 1 aliphatic carbocycles. The number of aliphatic hydroxyl groups is 1. The first-order valence-corrected chi connectivity index (χ1v) is 20.7. The maximum absolute atomic E-state index is 13.5. The molecule has 0 bridgehead atoms. The Hall–Kier alpha value is -5.89. The van der Waals surface area contributed by atoms with E-state index in [0.29, 0.717) is 58.8 Å². The fourth-order valence-electron chi connectivity index (χ4n) is 8.71. The van der Waals surface area contributed by atoms with Crippen LogP contribution in [0.1, 0.15) is 98.6 Å². The van der Waals surface area contributed by atoms with Crippen LogP contribution in [0.3, 0.4) is 0 Å². The second kappa shape index (κ2) is 16.8. The molecule has 0 spiro atoms. The number of hydrogen-bond donors (Lipinski definition) is 6. The minimum Gasteiger partial charge on any atom is -0.386 e. The lowest BCUT2D eigenvalue weighted by atomic mass is 9.91. The fourth-order valence-corrected chi connectivity index (χ4v) is 8.71. The second-order valence-electron chi connectivity index (χ2n) is 16.6. The number of aromatic nitrogens is 5. The normalized spacial score (nSPS) is 20.5. The van der Waals surface area contributed by atoms with Crippen LogP contribution >= 0.6 is 0 Å². The molecule has 6 N–H and O–H groups in total. The van der Waals surface area contributed by atoms with E-state index in [1.165, 1.54) is 10.7 Å². The summed E-state index contributed by atoms with van der Waals surface area (Å²) < 4.78 is 3.55. The molecule has 0 radical (unpaired) electrons. The van der Waals surface area contributed by atoms with Crippen LogP contribution in [-0.4, -0.2) is 91.5 Å². The van der Waals surface area contributed by atoms with Crippen molar-refractivity contribution in [3.8, 4) is 6.07 Å². The molecule has 3 aliphatic rings. The molecule has 5 aromatic rings. The third kappa shape index (κ3) is 8.92. The number of hydrogen-bond acceptors (Lipinski definition) is 12. The molecule has 3 amide bonds. The predicted octanol–water partition coefficient (Wildman–Crippen LogP) is 4.29. The summed E-state index contributed by atoms with van der Waals surface area (Å²) in [6, 6.07) is 15.6. The molecule has 16 nitrogen and oxygen atoms in total. The van der Waals surface area contributed by atoms with Gasteiger partial charge in [-0.15, -0.1) is 0 Å². The van der Waals surface area contributed by atoms with E-state index >= 15 is 0 Å². The molecule has 3 fully saturated rings. The van der Waals surface area contributed by atoms with Gasteiger partial charge in [0.15, 0.2) is 0 Å². The molecule has 308 valence electrons. The zero-order chi connectivity index (χ0) is 41.3. The Morgan fingerprint density at radius 2 is 1.73 bits per heavy atom. The number of pyridine rings is 1. The fraction of sp³-hybridized carbons (Fsp3) is 0.465. The van der Waals surface area contributed by atoms with E-state index in [2.05, 4.69) is 53.4 Å². The van der Waals surface area contributed by atoms with Crippen molar-refractivity contribution in [2.45, 2.75) is 102 Å². The third-order valence-electron chi connectivity index (χ3n) is 11.9. The molecular formula is C43H52N12O4. The van der Waals surface area contributed by atoms with Gasteiger partial charge in [-0.2, -0.15) is 15.5 Å². The standard InChI is InChI=1S/C43H52N12O4/c1-26-37(11-12-39(48-26)49-34-9-13-40(56)51-41(34)57)53-18-14-30(15-19-53)46-17-16-45-29-4-6-31(7-5-29)54-25-28-21-36(33(43(2,3)59)22-35(28)52-54)50-42(58)38-10-8-32-20-27(23-44)24-47-55(32)38/h8,10-12,20-22,24-25,29-31,34,45-46,59H,4-7,9,13-19H2,1-3H3,(H,48,49)(H,50,58)(H,51,56,57). The highest BCUT2D eigenvalue weighted by molar-refractivity contribution is 6.05. The van der Waals surface area contributed by atoms with Crippen molar-refractivity contribution < 1.29 is 19.5 Å². The number of benzene rings is 1. The lowest BCUT2D eigenvalue weighted by Gasteiger charge is -2.35. The van der Waals surface area contributed by atoms with Crippen LogP contribution in [0.2, 0.25) is 0 Å². The third-order valence-corrected chi connectivity index (χ3v) is 11.9. The molecular weight excluding hydrogens is 749 g/mol. The molecule has 8 rings (SSSR count). The van der Waals surface area contributed by atoms with E-state index in [0.717, 1.165) is 87.0 Å². The number of fused-ring (bicyclic) bond motifs is 2. The zero-order valence-corrected chi connectivity index (χ0v) is 33.8. The number of carbonyl (C=O) groups excluding carboxylic acids is 3. The molecule has 2 saturated heterocycles. The summed E-state index contributed by atoms with van der Waals surface area (Å²) in [6.07, 6.45) is 10.5. The van der Waals surface area contributed by atoms with Crippen molar-refractivity contribution in [2.75, 3.05) is 41.7 Å². The summed E-state index contributed by atoms with van der Waals surface area (Å²) in [7, 11) is 0. The monoisotopic (exact) mass is 800 g/mol. The molecule has 59 heavy (non-hydrogen) atoms. The predicted molar refractivity (Wildman–Crippen MR) is 224 cm³/mol. The van der Waals surface area contributed by atoms with Crippen LogP contribution in [-0.2, 0) is 15.2 Å². The number of imide groups is 1. The molecule has 2 aliphatic heterocycles. The number of anilines is 3. The van der Waals surface area contributed by atoms with E-state index in [9.17, 15) is 24.8 Å². The number of nitrogens with zero attached hydrogens (tertiary/aromatic N) is 7. The molecule has 4 aromatic heterocycles. The van der Waals surface area contributed by atoms with Crippen molar-refractivity contribution in [1.82, 2.24) is 40.3 Å². The summed E-state index contributed by atoms with van der Waals surface area (Å²) in [4.78, 5) is 44.2. The van der Waals surface area contributed by atoms with Gasteiger partial charge in [0.05, 0.1) is 45.8 Å². The van der Waals surface area contributed by atoms with Crippen LogP contribution in [0.4, 0.5) is 17.2 Å².